The van der Waals surface area contributed by atoms with Crippen LogP contribution in [0, 0.1) is 0 Å². The van der Waals surface area contributed by atoms with Gasteiger partial charge in [0.15, 0.2) is 5.76 Å². The van der Waals surface area contributed by atoms with Gasteiger partial charge in [0, 0.05) is 25.9 Å². The third-order valence-corrected chi connectivity index (χ3v) is 4.00. The largest absolute Gasteiger partial charge is 0.469 e. The number of nitrogens with one attached hydrogen (secondary N) is 1. The molecule has 3 amide bonds. The highest BCUT2D eigenvalue weighted by Gasteiger charge is 2.30. The zero-order valence-corrected chi connectivity index (χ0v) is 14.7. The number of amides is 3. The van der Waals surface area contributed by atoms with Crippen molar-refractivity contribution in [2.24, 2.45) is 0 Å². The molecule has 9 nitrogen and oxygen atoms in total. The number of carbonyl (C=O) groups is 4. The van der Waals surface area contributed by atoms with Crippen LogP contribution < -0.4 is 5.32 Å². The Kier molecular flexibility index (Phi) is 7.19. The van der Waals surface area contributed by atoms with Gasteiger partial charge in [-0.2, -0.15) is 0 Å². The van der Waals surface area contributed by atoms with Crippen LogP contribution in [0.4, 0.5) is 0 Å². The second-order valence-electron chi connectivity index (χ2n) is 5.83. The maximum Gasteiger partial charge on any atom is 0.305 e. The number of furan rings is 1. The highest BCUT2D eigenvalue weighted by Crippen LogP contribution is 2.14. The van der Waals surface area contributed by atoms with Crippen LogP contribution >= 0.6 is 0 Å². The van der Waals surface area contributed by atoms with Gasteiger partial charge in [-0.05, 0) is 31.4 Å². The predicted molar refractivity (Wildman–Crippen MR) is 89.6 cm³/mol. The molecule has 142 valence electrons. The first kappa shape index (κ1) is 19.5. The fourth-order valence-corrected chi connectivity index (χ4v) is 2.65. The van der Waals surface area contributed by atoms with Gasteiger partial charge < -0.3 is 14.5 Å². The number of ether oxygens (including phenoxy) is 1. The summed E-state index contributed by atoms with van der Waals surface area (Å²) in [7, 11) is 1.33. The Morgan fingerprint density at radius 1 is 1.12 bits per heavy atom. The minimum absolute atomic E-state index is 0.123. The zero-order valence-electron chi connectivity index (χ0n) is 14.7. The van der Waals surface area contributed by atoms with E-state index in [2.05, 4.69) is 10.1 Å². The van der Waals surface area contributed by atoms with Crippen LogP contribution in [0.5, 0.6) is 0 Å². The molecule has 1 aliphatic rings. The summed E-state index contributed by atoms with van der Waals surface area (Å²) >= 11 is 0. The number of hydrazine groups is 1. The number of methoxy groups -OCH3 is 1. The molecule has 9 heteroatoms. The number of hydrogen-bond donors (Lipinski definition) is 1. The Morgan fingerprint density at radius 2 is 1.81 bits per heavy atom. The molecule has 1 N–H and O–H groups in total. The van der Waals surface area contributed by atoms with Gasteiger partial charge in [-0.1, -0.05) is 0 Å². The van der Waals surface area contributed by atoms with Gasteiger partial charge in [-0.3, -0.25) is 24.2 Å². The minimum atomic E-state index is -0.483. The Bertz CT molecular complexity index is 643. The van der Waals surface area contributed by atoms with Crippen LogP contribution in [0.3, 0.4) is 0 Å². The van der Waals surface area contributed by atoms with E-state index in [4.69, 9.17) is 4.42 Å². The molecule has 2 rings (SSSR count). The molecule has 0 aromatic carbocycles. The van der Waals surface area contributed by atoms with E-state index in [9.17, 15) is 19.2 Å². The molecular weight excluding hydrogens is 342 g/mol. The van der Waals surface area contributed by atoms with E-state index < -0.39 is 5.91 Å². The Hall–Kier alpha value is -2.84. The van der Waals surface area contributed by atoms with Crippen molar-refractivity contribution < 1.29 is 28.3 Å². The maximum absolute atomic E-state index is 12.3. The van der Waals surface area contributed by atoms with Gasteiger partial charge in [-0.15, -0.1) is 0 Å². The zero-order chi connectivity index (χ0) is 18.9. The van der Waals surface area contributed by atoms with Gasteiger partial charge in [0.25, 0.3) is 11.8 Å². The van der Waals surface area contributed by atoms with E-state index in [-0.39, 0.29) is 42.9 Å². The van der Waals surface area contributed by atoms with Crippen molar-refractivity contribution in [1.82, 2.24) is 15.3 Å². The van der Waals surface area contributed by atoms with E-state index in [1.807, 2.05) is 0 Å². The fraction of sp³-hybridized carbons (Fsp3) is 0.529. The van der Waals surface area contributed by atoms with Gasteiger partial charge in [0.05, 0.1) is 19.9 Å². The first-order chi connectivity index (χ1) is 12.5. The lowest BCUT2D eigenvalue weighted by molar-refractivity contribution is -0.157. The molecule has 0 bridgehead atoms. The van der Waals surface area contributed by atoms with Gasteiger partial charge >= 0.3 is 5.97 Å². The summed E-state index contributed by atoms with van der Waals surface area (Å²) in [5.41, 5.74) is 0. The van der Waals surface area contributed by atoms with Crippen LogP contribution in [0.15, 0.2) is 22.8 Å². The topological polar surface area (TPSA) is 109 Å². The lowest BCUT2D eigenvalue weighted by Crippen LogP contribution is -2.48. The Labute approximate surface area is 151 Å². The van der Waals surface area contributed by atoms with Crippen molar-refractivity contribution >= 4 is 23.7 Å². The van der Waals surface area contributed by atoms with E-state index in [0.29, 0.717) is 32.4 Å². The standard InChI is InChI=1S/C17H23N3O6/c1-25-16(23)8-3-2-7-14(21)19-9-5-10-20(19)15(22)12-18-17(24)13-6-4-11-26-13/h4,6,11H,2-3,5,7-10,12H2,1H3,(H,18,24). The van der Waals surface area contributed by atoms with E-state index in [1.54, 1.807) is 6.07 Å². The molecule has 1 saturated heterocycles. The number of nitrogens with zero attached hydrogens (tertiary/aromatic N) is 2. The number of hydrogen-bond acceptors (Lipinski definition) is 6. The van der Waals surface area contributed by atoms with Crippen molar-refractivity contribution in [2.45, 2.75) is 32.1 Å². The molecular formula is C17H23N3O6. The van der Waals surface area contributed by atoms with Gasteiger partial charge in [0.1, 0.15) is 0 Å². The third kappa shape index (κ3) is 5.33. The number of rotatable bonds is 8. The molecule has 1 fully saturated rings. The molecule has 0 atom stereocenters. The van der Waals surface area contributed by atoms with Crippen LogP contribution in [0.25, 0.3) is 0 Å². The van der Waals surface area contributed by atoms with E-state index in [0.717, 1.165) is 0 Å². The summed E-state index contributed by atoms with van der Waals surface area (Å²) in [5, 5.41) is 5.26. The summed E-state index contributed by atoms with van der Waals surface area (Å²) in [6.45, 7) is 0.683. The number of unbranched alkanes of at least 4 members (excludes halogenated alkanes) is 1. The third-order valence-electron chi connectivity index (χ3n) is 4.00. The maximum atomic E-state index is 12.3. The first-order valence-corrected chi connectivity index (χ1v) is 8.52. The first-order valence-electron chi connectivity index (χ1n) is 8.52. The second kappa shape index (κ2) is 9.59. The number of esters is 1. The molecule has 0 spiro atoms. The lowest BCUT2D eigenvalue weighted by atomic mass is 10.2. The lowest BCUT2D eigenvalue weighted by Gasteiger charge is -2.28. The van der Waals surface area contributed by atoms with Crippen LogP contribution in [0.1, 0.15) is 42.7 Å². The van der Waals surface area contributed by atoms with E-state index >= 15 is 0 Å². The average Bonchev–Trinajstić information content (AvgIpc) is 3.34. The molecule has 1 aromatic heterocycles. The molecule has 1 aromatic rings. The Morgan fingerprint density at radius 3 is 2.46 bits per heavy atom. The summed E-state index contributed by atoms with van der Waals surface area (Å²) in [4.78, 5) is 47.5. The minimum Gasteiger partial charge on any atom is -0.469 e. The predicted octanol–water partition coefficient (Wildman–Crippen LogP) is 0.719. The summed E-state index contributed by atoms with van der Waals surface area (Å²) in [5.74, 6) is -1.19. The highest BCUT2D eigenvalue weighted by molar-refractivity contribution is 5.94. The summed E-state index contributed by atoms with van der Waals surface area (Å²) < 4.78 is 9.51. The summed E-state index contributed by atoms with van der Waals surface area (Å²) in [6.07, 6.45) is 3.68. The quantitative estimate of drug-likeness (QED) is 0.537. The molecule has 0 unspecified atom stereocenters. The molecule has 0 aliphatic carbocycles. The Balaban J connectivity index is 1.76. The van der Waals surface area contributed by atoms with Crippen molar-refractivity contribution in [2.75, 3.05) is 26.7 Å². The van der Waals surface area contributed by atoms with Crippen molar-refractivity contribution in [3.63, 3.8) is 0 Å². The molecule has 0 radical (unpaired) electrons. The molecule has 2 heterocycles. The van der Waals surface area contributed by atoms with Crippen molar-refractivity contribution in [3.8, 4) is 0 Å². The fourth-order valence-electron chi connectivity index (χ4n) is 2.65. The molecule has 1 aliphatic heterocycles. The highest BCUT2D eigenvalue weighted by atomic mass is 16.5. The van der Waals surface area contributed by atoms with Crippen molar-refractivity contribution in [1.29, 1.82) is 0 Å². The van der Waals surface area contributed by atoms with Gasteiger partial charge in [0.2, 0.25) is 5.91 Å². The number of carbonyl (C=O) groups excluding carboxylic acids is 4. The van der Waals surface area contributed by atoms with Crippen molar-refractivity contribution in [3.05, 3.63) is 24.2 Å². The monoisotopic (exact) mass is 365 g/mol. The summed E-state index contributed by atoms with van der Waals surface area (Å²) in [6, 6.07) is 3.08. The van der Waals surface area contributed by atoms with Gasteiger partial charge in [-0.25, -0.2) is 5.01 Å². The van der Waals surface area contributed by atoms with Crippen LogP contribution in [-0.4, -0.2) is 60.5 Å². The van der Waals surface area contributed by atoms with E-state index in [1.165, 1.54) is 29.5 Å². The second-order valence-corrected chi connectivity index (χ2v) is 5.83. The normalized spacial score (nSPS) is 13.6. The molecule has 0 saturated carbocycles. The molecule has 26 heavy (non-hydrogen) atoms. The van der Waals surface area contributed by atoms with Crippen LogP contribution in [-0.2, 0) is 19.1 Å². The van der Waals surface area contributed by atoms with Crippen LogP contribution in [0.2, 0.25) is 0 Å². The SMILES string of the molecule is COC(=O)CCCCC(=O)N1CCCN1C(=O)CNC(=O)c1ccco1. The average molecular weight is 365 g/mol. The smallest absolute Gasteiger partial charge is 0.305 e.